The second kappa shape index (κ2) is 6.89. The van der Waals surface area contributed by atoms with Gasteiger partial charge in [-0.1, -0.05) is 19.1 Å². The fourth-order valence-electron chi connectivity index (χ4n) is 2.19. The van der Waals surface area contributed by atoms with Crippen molar-refractivity contribution < 1.29 is 4.74 Å². The molecule has 1 aromatic carbocycles. The molecule has 0 spiro atoms. The largest absolute Gasteiger partial charge is 0.492 e. The molecule has 0 aromatic heterocycles. The summed E-state index contributed by atoms with van der Waals surface area (Å²) in [5, 5.41) is 0. The van der Waals surface area contributed by atoms with E-state index in [1.54, 1.807) is 0 Å². The molecule has 0 amide bonds. The summed E-state index contributed by atoms with van der Waals surface area (Å²) in [6, 6.07) is 8.75. The average molecular weight is 274 g/mol. The molecule has 1 aliphatic rings. The standard InChI is InChI=1S/C17H26N2O/c1-13-8-9-17(18-11-13)15-6-5-7-16(10-15)20-12-14(2)19(3)4/h5-7,10,13-14H,8-9,11-12H2,1-4H3/t13-,14-/m0/s1. The molecule has 0 aliphatic carbocycles. The van der Waals surface area contributed by atoms with Gasteiger partial charge in [-0.3, -0.25) is 4.99 Å². The quantitative estimate of drug-likeness (QED) is 0.823. The van der Waals surface area contributed by atoms with Crippen LogP contribution in [0.3, 0.4) is 0 Å². The van der Waals surface area contributed by atoms with Gasteiger partial charge in [-0.05, 0) is 57.5 Å². The minimum atomic E-state index is 0.409. The summed E-state index contributed by atoms with van der Waals surface area (Å²) in [4.78, 5) is 6.86. The Balaban J connectivity index is 2.01. The molecule has 0 saturated carbocycles. The molecule has 3 nitrogen and oxygen atoms in total. The van der Waals surface area contributed by atoms with Gasteiger partial charge in [0.15, 0.2) is 0 Å². The smallest absolute Gasteiger partial charge is 0.120 e. The number of benzene rings is 1. The number of aliphatic imine (C=N–C) groups is 1. The zero-order valence-corrected chi connectivity index (χ0v) is 13.1. The Bertz CT molecular complexity index is 468. The summed E-state index contributed by atoms with van der Waals surface area (Å²) in [5.74, 6) is 1.66. The van der Waals surface area contributed by atoms with E-state index in [0.29, 0.717) is 12.6 Å². The van der Waals surface area contributed by atoms with E-state index in [1.807, 2.05) is 6.07 Å². The van der Waals surface area contributed by atoms with Gasteiger partial charge in [0.2, 0.25) is 0 Å². The maximum Gasteiger partial charge on any atom is 0.120 e. The van der Waals surface area contributed by atoms with Crippen molar-refractivity contribution in [2.45, 2.75) is 32.7 Å². The second-order valence-corrected chi connectivity index (χ2v) is 6.08. The summed E-state index contributed by atoms with van der Waals surface area (Å²) in [7, 11) is 4.14. The van der Waals surface area contributed by atoms with Crippen LogP contribution in [0.1, 0.15) is 32.3 Å². The Labute approximate surface area is 122 Å². The molecule has 0 unspecified atom stereocenters. The van der Waals surface area contributed by atoms with E-state index in [9.17, 15) is 0 Å². The number of nitrogens with zero attached hydrogens (tertiary/aromatic N) is 2. The summed E-state index contributed by atoms with van der Waals surface area (Å²) in [6.07, 6.45) is 2.32. The maximum absolute atomic E-state index is 5.89. The molecular weight excluding hydrogens is 248 g/mol. The molecule has 2 rings (SSSR count). The monoisotopic (exact) mass is 274 g/mol. The van der Waals surface area contributed by atoms with E-state index < -0.39 is 0 Å². The molecule has 0 fully saturated rings. The van der Waals surface area contributed by atoms with Gasteiger partial charge in [-0.15, -0.1) is 0 Å². The predicted molar refractivity (Wildman–Crippen MR) is 84.9 cm³/mol. The lowest BCUT2D eigenvalue weighted by atomic mass is 9.96. The first kappa shape index (κ1) is 15.0. The summed E-state index contributed by atoms with van der Waals surface area (Å²) >= 11 is 0. The zero-order valence-electron chi connectivity index (χ0n) is 13.1. The number of ether oxygens (including phenoxy) is 1. The summed E-state index contributed by atoms with van der Waals surface area (Å²) in [5.41, 5.74) is 2.45. The Morgan fingerprint density at radius 2 is 2.20 bits per heavy atom. The molecule has 1 aliphatic heterocycles. The zero-order chi connectivity index (χ0) is 14.5. The molecule has 0 radical (unpaired) electrons. The minimum Gasteiger partial charge on any atom is -0.492 e. The van der Waals surface area contributed by atoms with Crippen molar-refractivity contribution in [1.29, 1.82) is 0 Å². The van der Waals surface area contributed by atoms with E-state index in [0.717, 1.165) is 24.6 Å². The molecule has 0 bridgehead atoms. The minimum absolute atomic E-state index is 0.409. The van der Waals surface area contributed by atoms with Crippen LogP contribution in [0.5, 0.6) is 5.75 Å². The third-order valence-electron chi connectivity index (χ3n) is 4.01. The molecule has 110 valence electrons. The number of likely N-dealkylation sites (N-methyl/N-ethyl adjacent to an activating group) is 1. The maximum atomic E-state index is 5.89. The number of hydrogen-bond acceptors (Lipinski definition) is 3. The fraction of sp³-hybridized carbons (Fsp3) is 0.588. The van der Waals surface area contributed by atoms with Gasteiger partial charge in [0.05, 0.1) is 0 Å². The van der Waals surface area contributed by atoms with Gasteiger partial charge in [-0.25, -0.2) is 0 Å². The number of hydrogen-bond donors (Lipinski definition) is 0. The van der Waals surface area contributed by atoms with E-state index in [4.69, 9.17) is 9.73 Å². The Morgan fingerprint density at radius 1 is 1.40 bits per heavy atom. The lowest BCUT2D eigenvalue weighted by molar-refractivity contribution is 0.198. The highest BCUT2D eigenvalue weighted by molar-refractivity contribution is 6.01. The van der Waals surface area contributed by atoms with Crippen LogP contribution in [0, 0.1) is 5.92 Å². The lowest BCUT2D eigenvalue weighted by Gasteiger charge is -2.21. The molecule has 0 saturated heterocycles. The summed E-state index contributed by atoms with van der Waals surface area (Å²) < 4.78 is 5.89. The second-order valence-electron chi connectivity index (χ2n) is 6.08. The molecule has 1 aromatic rings. The topological polar surface area (TPSA) is 24.8 Å². The third kappa shape index (κ3) is 4.07. The van der Waals surface area contributed by atoms with Gasteiger partial charge >= 0.3 is 0 Å². The lowest BCUT2D eigenvalue weighted by Crippen LogP contribution is -2.30. The van der Waals surface area contributed by atoms with Crippen molar-refractivity contribution in [2.75, 3.05) is 27.2 Å². The van der Waals surface area contributed by atoms with Crippen LogP contribution in [0.2, 0.25) is 0 Å². The Morgan fingerprint density at radius 3 is 2.85 bits per heavy atom. The highest BCUT2D eigenvalue weighted by Crippen LogP contribution is 2.21. The van der Waals surface area contributed by atoms with E-state index in [2.05, 4.69) is 51.0 Å². The van der Waals surface area contributed by atoms with Gasteiger partial charge < -0.3 is 9.64 Å². The van der Waals surface area contributed by atoms with Gasteiger partial charge in [0.1, 0.15) is 12.4 Å². The van der Waals surface area contributed by atoms with Crippen LogP contribution in [0.25, 0.3) is 0 Å². The van der Waals surface area contributed by atoms with E-state index >= 15 is 0 Å². The normalized spacial score (nSPS) is 20.6. The van der Waals surface area contributed by atoms with E-state index in [1.165, 1.54) is 17.7 Å². The molecular formula is C17H26N2O. The Kier molecular flexibility index (Phi) is 5.18. The van der Waals surface area contributed by atoms with Crippen molar-refractivity contribution in [3.8, 4) is 5.75 Å². The van der Waals surface area contributed by atoms with Crippen molar-refractivity contribution in [1.82, 2.24) is 4.90 Å². The van der Waals surface area contributed by atoms with Crippen LogP contribution >= 0.6 is 0 Å². The van der Waals surface area contributed by atoms with Crippen LogP contribution in [-0.4, -0.2) is 43.9 Å². The van der Waals surface area contributed by atoms with E-state index in [-0.39, 0.29) is 0 Å². The average Bonchev–Trinajstić information content (AvgIpc) is 2.45. The van der Waals surface area contributed by atoms with Crippen molar-refractivity contribution >= 4 is 5.71 Å². The summed E-state index contributed by atoms with van der Waals surface area (Å²) in [6.45, 7) is 6.09. The molecule has 0 N–H and O–H groups in total. The molecule has 20 heavy (non-hydrogen) atoms. The highest BCUT2D eigenvalue weighted by Gasteiger charge is 2.13. The van der Waals surface area contributed by atoms with Crippen LogP contribution in [0.4, 0.5) is 0 Å². The van der Waals surface area contributed by atoms with Crippen molar-refractivity contribution in [3.05, 3.63) is 29.8 Å². The molecule has 3 heteroatoms. The number of rotatable bonds is 5. The van der Waals surface area contributed by atoms with Gasteiger partial charge in [0, 0.05) is 18.3 Å². The first-order chi connectivity index (χ1) is 9.56. The Hall–Kier alpha value is -1.35. The first-order valence-corrected chi connectivity index (χ1v) is 7.49. The van der Waals surface area contributed by atoms with Crippen LogP contribution in [-0.2, 0) is 0 Å². The molecule has 1 heterocycles. The van der Waals surface area contributed by atoms with Crippen molar-refractivity contribution in [2.24, 2.45) is 10.9 Å². The van der Waals surface area contributed by atoms with Gasteiger partial charge in [-0.2, -0.15) is 0 Å². The first-order valence-electron chi connectivity index (χ1n) is 7.49. The van der Waals surface area contributed by atoms with Crippen LogP contribution in [0.15, 0.2) is 29.3 Å². The van der Waals surface area contributed by atoms with Gasteiger partial charge in [0.25, 0.3) is 0 Å². The fourth-order valence-corrected chi connectivity index (χ4v) is 2.19. The third-order valence-corrected chi connectivity index (χ3v) is 4.01. The predicted octanol–water partition coefficient (Wildman–Crippen LogP) is 3.23. The highest BCUT2D eigenvalue weighted by atomic mass is 16.5. The molecule has 2 atom stereocenters. The van der Waals surface area contributed by atoms with Crippen LogP contribution < -0.4 is 4.74 Å². The van der Waals surface area contributed by atoms with Crippen molar-refractivity contribution in [3.63, 3.8) is 0 Å². The SMILES string of the molecule is C[C@H]1CCC(c2cccc(OC[C@H](C)N(C)C)c2)=NC1.